The molecule has 1 aromatic carbocycles. The second-order valence-electron chi connectivity index (χ2n) is 3.26. The molecule has 0 spiro atoms. The van der Waals surface area contributed by atoms with Crippen molar-refractivity contribution in [3.8, 4) is 23.5 Å². The summed E-state index contributed by atoms with van der Waals surface area (Å²) in [4.78, 5) is 4.07. The number of rotatable bonds is 2. The van der Waals surface area contributed by atoms with Gasteiger partial charge in [0.05, 0.1) is 0 Å². The summed E-state index contributed by atoms with van der Waals surface area (Å²) in [7, 11) is 0. The van der Waals surface area contributed by atoms with Gasteiger partial charge in [0.2, 0.25) is 5.88 Å². The van der Waals surface area contributed by atoms with E-state index in [4.69, 9.17) is 9.84 Å². The molecular formula is C14H11NO2. The van der Waals surface area contributed by atoms with Crippen LogP contribution in [0.3, 0.4) is 0 Å². The molecule has 0 aliphatic heterocycles. The van der Waals surface area contributed by atoms with Gasteiger partial charge in [0.25, 0.3) is 0 Å². The molecule has 1 aromatic heterocycles. The summed E-state index contributed by atoms with van der Waals surface area (Å²) in [5.74, 6) is 6.63. The first-order valence-corrected chi connectivity index (χ1v) is 5.17. The molecule has 0 atom stereocenters. The summed E-state index contributed by atoms with van der Waals surface area (Å²) in [5, 5.41) is 8.62. The fourth-order valence-corrected chi connectivity index (χ4v) is 1.31. The highest BCUT2D eigenvalue weighted by Gasteiger charge is 1.97. The molecule has 0 unspecified atom stereocenters. The number of aliphatic hydroxyl groups excluding tert-OH is 1. The minimum absolute atomic E-state index is 0.147. The zero-order valence-corrected chi connectivity index (χ0v) is 9.13. The Morgan fingerprint density at radius 1 is 1.18 bits per heavy atom. The van der Waals surface area contributed by atoms with Crippen molar-refractivity contribution in [2.24, 2.45) is 0 Å². The van der Waals surface area contributed by atoms with E-state index in [2.05, 4.69) is 16.8 Å². The van der Waals surface area contributed by atoms with Crippen LogP contribution in [0.15, 0.2) is 48.7 Å². The lowest BCUT2D eigenvalue weighted by Crippen LogP contribution is -1.87. The molecule has 17 heavy (non-hydrogen) atoms. The van der Waals surface area contributed by atoms with E-state index >= 15 is 0 Å². The van der Waals surface area contributed by atoms with Crippen LogP contribution in [0, 0.1) is 11.8 Å². The third-order valence-corrected chi connectivity index (χ3v) is 2.01. The van der Waals surface area contributed by atoms with Gasteiger partial charge in [0, 0.05) is 17.8 Å². The molecular weight excluding hydrogens is 214 g/mol. The van der Waals surface area contributed by atoms with Crippen LogP contribution >= 0.6 is 0 Å². The van der Waals surface area contributed by atoms with Gasteiger partial charge < -0.3 is 9.84 Å². The van der Waals surface area contributed by atoms with Crippen LogP contribution in [-0.4, -0.2) is 16.7 Å². The van der Waals surface area contributed by atoms with Crippen LogP contribution in [0.2, 0.25) is 0 Å². The first kappa shape index (κ1) is 11.2. The minimum atomic E-state index is -0.147. The van der Waals surface area contributed by atoms with E-state index in [-0.39, 0.29) is 6.61 Å². The molecule has 0 aliphatic carbocycles. The molecule has 0 fully saturated rings. The van der Waals surface area contributed by atoms with Gasteiger partial charge in [0.15, 0.2) is 0 Å². The van der Waals surface area contributed by atoms with Crippen molar-refractivity contribution in [3.05, 3.63) is 54.2 Å². The summed E-state index contributed by atoms with van der Waals surface area (Å²) in [6.07, 6.45) is 1.67. The molecule has 3 nitrogen and oxygen atoms in total. The Morgan fingerprint density at radius 2 is 2.12 bits per heavy atom. The maximum absolute atomic E-state index is 8.62. The highest BCUT2D eigenvalue weighted by atomic mass is 16.5. The first-order valence-electron chi connectivity index (χ1n) is 5.17. The van der Waals surface area contributed by atoms with Gasteiger partial charge in [-0.25, -0.2) is 4.98 Å². The number of benzene rings is 1. The maximum Gasteiger partial charge on any atom is 0.219 e. The molecule has 1 N–H and O–H groups in total. The number of nitrogens with zero attached hydrogens (tertiary/aromatic N) is 1. The van der Waals surface area contributed by atoms with Gasteiger partial charge in [0.1, 0.15) is 12.4 Å². The van der Waals surface area contributed by atoms with Crippen LogP contribution in [0.1, 0.15) is 5.56 Å². The Bertz CT molecular complexity index is 541. The third kappa shape index (κ3) is 3.33. The number of hydrogen-bond donors (Lipinski definition) is 1. The highest BCUT2D eigenvalue weighted by molar-refractivity contribution is 5.40. The molecule has 3 heteroatoms. The minimum Gasteiger partial charge on any atom is -0.439 e. The van der Waals surface area contributed by atoms with Crippen LogP contribution in [0.5, 0.6) is 11.6 Å². The van der Waals surface area contributed by atoms with E-state index in [1.165, 1.54) is 0 Å². The Balaban J connectivity index is 2.17. The van der Waals surface area contributed by atoms with E-state index < -0.39 is 0 Å². The Morgan fingerprint density at radius 3 is 2.88 bits per heavy atom. The molecule has 0 amide bonds. The lowest BCUT2D eigenvalue weighted by atomic mass is 10.2. The average molecular weight is 225 g/mol. The molecule has 1 heterocycles. The van der Waals surface area contributed by atoms with E-state index in [9.17, 15) is 0 Å². The summed E-state index contributed by atoms with van der Waals surface area (Å²) in [6.45, 7) is -0.147. The van der Waals surface area contributed by atoms with Crippen LogP contribution in [-0.2, 0) is 0 Å². The van der Waals surface area contributed by atoms with Crippen molar-refractivity contribution in [2.75, 3.05) is 6.61 Å². The fraction of sp³-hybridized carbons (Fsp3) is 0.0714. The number of ether oxygens (including phenoxy) is 1. The molecule has 84 valence electrons. The van der Waals surface area contributed by atoms with Gasteiger partial charge in [-0.1, -0.05) is 24.0 Å². The van der Waals surface area contributed by atoms with Crippen molar-refractivity contribution >= 4 is 0 Å². The number of aliphatic hydroxyl groups is 1. The summed E-state index contributed by atoms with van der Waals surface area (Å²) in [5.41, 5.74) is 0.799. The van der Waals surface area contributed by atoms with E-state index in [0.717, 1.165) is 5.56 Å². The Kier molecular flexibility index (Phi) is 3.74. The fourth-order valence-electron chi connectivity index (χ4n) is 1.31. The zero-order valence-electron chi connectivity index (χ0n) is 9.13. The Hall–Kier alpha value is -2.31. The van der Waals surface area contributed by atoms with E-state index in [1.807, 2.05) is 30.3 Å². The topological polar surface area (TPSA) is 42.4 Å². The zero-order chi connectivity index (χ0) is 11.9. The van der Waals surface area contributed by atoms with E-state index in [0.29, 0.717) is 11.6 Å². The third-order valence-electron chi connectivity index (χ3n) is 2.01. The Labute approximate surface area is 99.7 Å². The monoisotopic (exact) mass is 225 g/mol. The summed E-state index contributed by atoms with van der Waals surface area (Å²) in [6, 6.07) is 12.8. The molecule has 0 radical (unpaired) electrons. The van der Waals surface area contributed by atoms with Gasteiger partial charge >= 0.3 is 0 Å². The number of pyridine rings is 1. The van der Waals surface area contributed by atoms with Crippen LogP contribution < -0.4 is 4.74 Å². The maximum atomic E-state index is 8.62. The van der Waals surface area contributed by atoms with Gasteiger partial charge in [-0.05, 0) is 24.3 Å². The lowest BCUT2D eigenvalue weighted by molar-refractivity contribution is 0.350. The van der Waals surface area contributed by atoms with Crippen molar-refractivity contribution in [2.45, 2.75) is 0 Å². The standard InChI is InChI=1S/C14H11NO2/c16-10-4-6-12-5-3-7-13(11-12)17-14-8-1-2-9-15-14/h1-3,5,7-9,11,16H,10H2. The van der Waals surface area contributed by atoms with Gasteiger partial charge in [-0.15, -0.1) is 0 Å². The number of aromatic nitrogens is 1. The second kappa shape index (κ2) is 5.69. The highest BCUT2D eigenvalue weighted by Crippen LogP contribution is 2.19. The first-order chi connectivity index (χ1) is 8.38. The smallest absolute Gasteiger partial charge is 0.219 e. The van der Waals surface area contributed by atoms with Gasteiger partial charge in [-0.3, -0.25) is 0 Å². The van der Waals surface area contributed by atoms with Gasteiger partial charge in [-0.2, -0.15) is 0 Å². The average Bonchev–Trinajstić information content (AvgIpc) is 2.38. The normalized spacial score (nSPS) is 9.24. The van der Waals surface area contributed by atoms with Crippen LogP contribution in [0.4, 0.5) is 0 Å². The van der Waals surface area contributed by atoms with Crippen LogP contribution in [0.25, 0.3) is 0 Å². The summed E-state index contributed by atoms with van der Waals surface area (Å²) >= 11 is 0. The SMILES string of the molecule is OCC#Cc1cccc(Oc2ccccn2)c1. The molecule has 0 saturated carbocycles. The molecule has 2 aromatic rings. The predicted octanol–water partition coefficient (Wildman–Crippen LogP) is 2.22. The van der Waals surface area contributed by atoms with E-state index in [1.54, 1.807) is 18.3 Å². The predicted molar refractivity (Wildman–Crippen MR) is 64.7 cm³/mol. The summed E-state index contributed by atoms with van der Waals surface area (Å²) < 4.78 is 5.56. The molecule has 0 bridgehead atoms. The molecule has 0 saturated heterocycles. The largest absolute Gasteiger partial charge is 0.439 e. The second-order valence-corrected chi connectivity index (χ2v) is 3.26. The van der Waals surface area contributed by atoms with Crippen molar-refractivity contribution in [1.82, 2.24) is 4.98 Å². The lowest BCUT2D eigenvalue weighted by Gasteiger charge is -2.03. The van der Waals surface area contributed by atoms with Crippen molar-refractivity contribution in [3.63, 3.8) is 0 Å². The van der Waals surface area contributed by atoms with Crippen molar-refractivity contribution in [1.29, 1.82) is 0 Å². The molecule has 0 aliphatic rings. The number of hydrogen-bond acceptors (Lipinski definition) is 3. The quantitative estimate of drug-likeness (QED) is 0.797. The van der Waals surface area contributed by atoms with Crippen molar-refractivity contribution < 1.29 is 9.84 Å². The molecule has 2 rings (SSSR count).